The Morgan fingerprint density at radius 1 is 1.00 bits per heavy atom. The predicted molar refractivity (Wildman–Crippen MR) is 110 cm³/mol. The van der Waals surface area contributed by atoms with Crippen LogP contribution in [-0.4, -0.2) is 9.13 Å². The molecule has 5 rings (SSSR count). The van der Waals surface area contributed by atoms with Gasteiger partial charge in [0.1, 0.15) is 22.8 Å². The summed E-state index contributed by atoms with van der Waals surface area (Å²) in [6.45, 7) is 1.13. The quantitative estimate of drug-likeness (QED) is 0.478. The number of nitriles is 1. The van der Waals surface area contributed by atoms with Crippen molar-refractivity contribution in [3.63, 3.8) is 0 Å². The van der Waals surface area contributed by atoms with Crippen molar-refractivity contribution < 1.29 is 0 Å². The number of fused-ring (bicyclic) bond motifs is 2. The van der Waals surface area contributed by atoms with Crippen LogP contribution >= 0.6 is 23.2 Å². The second-order valence-corrected chi connectivity index (χ2v) is 7.58. The molecule has 136 valence electrons. The van der Waals surface area contributed by atoms with Gasteiger partial charge in [-0.05, 0) is 35.9 Å². The van der Waals surface area contributed by atoms with E-state index < -0.39 is 0 Å². The van der Waals surface area contributed by atoms with Crippen LogP contribution in [0.2, 0.25) is 10.0 Å². The molecule has 0 aliphatic carbocycles. The molecule has 0 saturated carbocycles. The van der Waals surface area contributed by atoms with E-state index >= 15 is 0 Å². The summed E-state index contributed by atoms with van der Waals surface area (Å²) >= 11 is 12.2. The van der Waals surface area contributed by atoms with Crippen LogP contribution in [0.1, 0.15) is 5.56 Å². The Kier molecular flexibility index (Phi) is 3.63. The summed E-state index contributed by atoms with van der Waals surface area (Å²) < 4.78 is 3.74. The van der Waals surface area contributed by atoms with E-state index in [1.165, 1.54) is 0 Å². The third-order valence-electron chi connectivity index (χ3n) is 5.26. The third-order valence-corrected chi connectivity index (χ3v) is 5.74. The molecule has 0 fully saturated rings. The lowest BCUT2D eigenvalue weighted by Crippen LogP contribution is -2.24. The highest BCUT2D eigenvalue weighted by Gasteiger charge is 2.26. The number of benzene rings is 2. The van der Waals surface area contributed by atoms with Crippen LogP contribution < -0.4 is 10.9 Å². The molecule has 5 nitrogen and oxygen atoms in total. The highest BCUT2D eigenvalue weighted by Crippen LogP contribution is 2.33. The number of pyridine rings is 2. The summed E-state index contributed by atoms with van der Waals surface area (Å²) in [6.07, 6.45) is 0. The highest BCUT2D eigenvalue weighted by atomic mass is 35.5. The van der Waals surface area contributed by atoms with Crippen LogP contribution in [0, 0.1) is 16.7 Å². The van der Waals surface area contributed by atoms with E-state index in [0.29, 0.717) is 50.7 Å². The van der Waals surface area contributed by atoms with Crippen molar-refractivity contribution in [2.24, 2.45) is 0 Å². The smallest absolute Gasteiger partial charge is 0.199 e. The molecule has 0 bridgehead atoms. The van der Waals surface area contributed by atoms with Crippen LogP contribution in [0.15, 0.2) is 47.3 Å². The topological polar surface area (TPSA) is 74.6 Å². The molecule has 0 spiro atoms. The molecule has 4 aromatic rings. The van der Waals surface area contributed by atoms with E-state index in [1.807, 2.05) is 4.57 Å². The van der Waals surface area contributed by atoms with Gasteiger partial charge in [0.05, 0.1) is 10.9 Å². The van der Waals surface area contributed by atoms with Crippen LogP contribution in [0.3, 0.4) is 0 Å². The lowest BCUT2D eigenvalue weighted by Gasteiger charge is -2.15. The number of halogens is 2. The van der Waals surface area contributed by atoms with Gasteiger partial charge in [-0.3, -0.25) is 10.2 Å². The lowest BCUT2D eigenvalue weighted by molar-refractivity contribution is 0.668. The maximum Gasteiger partial charge on any atom is 0.199 e. The lowest BCUT2D eigenvalue weighted by atomic mass is 9.96. The maximum atomic E-state index is 13.5. The van der Waals surface area contributed by atoms with E-state index in [9.17, 15) is 10.1 Å². The molecule has 0 saturated heterocycles. The maximum absolute atomic E-state index is 13.5. The Labute approximate surface area is 169 Å². The second-order valence-electron chi connectivity index (χ2n) is 6.71. The average Bonchev–Trinajstić information content (AvgIpc) is 3.13. The normalized spacial score (nSPS) is 12.6. The Morgan fingerprint density at radius 3 is 2.39 bits per heavy atom. The number of nitrogens with one attached hydrogen (secondary N) is 1. The Morgan fingerprint density at radius 2 is 1.68 bits per heavy atom. The van der Waals surface area contributed by atoms with Crippen LogP contribution in [0.4, 0.5) is 0 Å². The number of hydrogen-bond acceptors (Lipinski definition) is 3. The molecule has 0 radical (unpaired) electrons. The first-order valence-corrected chi connectivity index (χ1v) is 9.40. The summed E-state index contributed by atoms with van der Waals surface area (Å²) in [5, 5.41) is 20.5. The number of rotatable bonds is 1. The van der Waals surface area contributed by atoms with Gasteiger partial charge in [0.25, 0.3) is 0 Å². The molecule has 28 heavy (non-hydrogen) atoms. The van der Waals surface area contributed by atoms with Crippen molar-refractivity contribution in [2.45, 2.75) is 13.1 Å². The van der Waals surface area contributed by atoms with Gasteiger partial charge in [0, 0.05) is 34.1 Å². The minimum atomic E-state index is -0.171. The van der Waals surface area contributed by atoms with Crippen LogP contribution in [-0.2, 0) is 13.1 Å². The third kappa shape index (κ3) is 2.19. The summed E-state index contributed by atoms with van der Waals surface area (Å²) in [5.74, 6) is 0. The second kappa shape index (κ2) is 5.96. The summed E-state index contributed by atoms with van der Waals surface area (Å²) in [5.41, 5.74) is 2.67. The number of aryl methyl sites for hydroxylation is 2. The fourth-order valence-corrected chi connectivity index (χ4v) is 4.35. The van der Waals surface area contributed by atoms with Crippen molar-refractivity contribution in [2.75, 3.05) is 0 Å². The van der Waals surface area contributed by atoms with E-state index in [-0.39, 0.29) is 16.5 Å². The molecule has 0 amide bonds. The van der Waals surface area contributed by atoms with Crippen molar-refractivity contribution in [3.8, 4) is 17.2 Å². The van der Waals surface area contributed by atoms with Gasteiger partial charge in [-0.2, -0.15) is 5.26 Å². The SMILES string of the molecule is N#Cc1c(-c2ccc(Cl)cc2)c2c(=O)c3ccc(Cl)cc3n3c2n(c1=N)CC3. The van der Waals surface area contributed by atoms with E-state index in [2.05, 4.69) is 6.07 Å². The van der Waals surface area contributed by atoms with Gasteiger partial charge >= 0.3 is 0 Å². The summed E-state index contributed by atoms with van der Waals surface area (Å²) in [6, 6.07) is 14.3. The van der Waals surface area contributed by atoms with E-state index in [1.54, 1.807) is 47.0 Å². The van der Waals surface area contributed by atoms with Crippen molar-refractivity contribution in [1.29, 1.82) is 10.7 Å². The van der Waals surface area contributed by atoms with Crippen molar-refractivity contribution in [3.05, 3.63) is 73.8 Å². The van der Waals surface area contributed by atoms with Gasteiger partial charge in [0.15, 0.2) is 5.43 Å². The van der Waals surface area contributed by atoms with Gasteiger partial charge in [-0.25, -0.2) is 0 Å². The zero-order chi connectivity index (χ0) is 19.6. The number of nitrogens with zero attached hydrogens (tertiary/aromatic N) is 3. The van der Waals surface area contributed by atoms with E-state index in [0.717, 1.165) is 5.52 Å². The molecule has 1 N–H and O–H groups in total. The molecule has 1 aliphatic rings. The predicted octanol–water partition coefficient (Wildman–Crippen LogP) is 4.29. The molecule has 2 aromatic carbocycles. The number of aromatic nitrogens is 2. The fourth-order valence-electron chi connectivity index (χ4n) is 4.05. The highest BCUT2D eigenvalue weighted by molar-refractivity contribution is 6.31. The Hall–Kier alpha value is -3.07. The van der Waals surface area contributed by atoms with Crippen molar-refractivity contribution in [1.82, 2.24) is 9.13 Å². The number of hydrogen-bond donors (Lipinski definition) is 1. The summed E-state index contributed by atoms with van der Waals surface area (Å²) in [4.78, 5) is 13.5. The van der Waals surface area contributed by atoms with Crippen LogP contribution in [0.5, 0.6) is 0 Å². The molecule has 0 atom stereocenters. The molecule has 3 heterocycles. The molecule has 0 unspecified atom stereocenters. The largest absolute Gasteiger partial charge is 0.325 e. The Balaban J connectivity index is 2.10. The van der Waals surface area contributed by atoms with E-state index in [4.69, 9.17) is 28.6 Å². The molecular formula is C21H12Cl2N4O. The molecule has 1 aliphatic heterocycles. The van der Waals surface area contributed by atoms with Gasteiger partial charge in [0.2, 0.25) is 0 Å². The fraction of sp³-hybridized carbons (Fsp3) is 0.0952. The zero-order valence-electron chi connectivity index (χ0n) is 14.5. The minimum absolute atomic E-state index is 0.104. The molecule has 7 heteroatoms. The zero-order valence-corrected chi connectivity index (χ0v) is 16.0. The van der Waals surface area contributed by atoms with Crippen molar-refractivity contribution >= 4 is 45.1 Å². The monoisotopic (exact) mass is 406 g/mol. The minimum Gasteiger partial charge on any atom is -0.325 e. The average molecular weight is 407 g/mol. The Bertz CT molecular complexity index is 1470. The first kappa shape index (κ1) is 17.1. The van der Waals surface area contributed by atoms with Gasteiger partial charge in [-0.15, -0.1) is 0 Å². The molecule has 2 aromatic heterocycles. The first-order chi connectivity index (χ1) is 13.5. The summed E-state index contributed by atoms with van der Waals surface area (Å²) in [7, 11) is 0. The first-order valence-electron chi connectivity index (χ1n) is 8.64. The van der Waals surface area contributed by atoms with Gasteiger partial charge in [-0.1, -0.05) is 35.3 Å². The van der Waals surface area contributed by atoms with Crippen LogP contribution in [0.25, 0.3) is 33.1 Å². The molecular weight excluding hydrogens is 395 g/mol. The van der Waals surface area contributed by atoms with Gasteiger partial charge < -0.3 is 9.13 Å². The standard InChI is InChI=1S/C21H12Cl2N4O/c22-12-3-1-11(2-4-12)17-15(10-24)20(25)27-8-7-26-16-9-13(23)5-6-14(16)19(28)18(17)21(26)27/h1-6,9,25H,7-8H2.